The lowest BCUT2D eigenvalue weighted by atomic mass is 10.1. The minimum Gasteiger partial charge on any atom is -0.472 e. The van der Waals surface area contributed by atoms with Crippen LogP contribution in [0.3, 0.4) is 0 Å². The third-order valence-corrected chi connectivity index (χ3v) is 5.82. The van der Waals surface area contributed by atoms with Gasteiger partial charge < -0.3 is 4.74 Å². The van der Waals surface area contributed by atoms with Crippen LogP contribution in [0.5, 0.6) is 0 Å². The summed E-state index contributed by atoms with van der Waals surface area (Å²) < 4.78 is 36.9. The minimum atomic E-state index is -3.90. The van der Waals surface area contributed by atoms with Crippen molar-refractivity contribution in [3.8, 4) is 0 Å². The average molecular weight is 392 g/mol. The lowest BCUT2D eigenvalue weighted by molar-refractivity contribution is 0.294. The van der Waals surface area contributed by atoms with Crippen molar-refractivity contribution in [2.45, 2.75) is 20.1 Å². The molecule has 0 N–H and O–H groups in total. The quantitative estimate of drug-likeness (QED) is 0.668. The van der Waals surface area contributed by atoms with E-state index < -0.39 is 10.2 Å². The van der Waals surface area contributed by atoms with Gasteiger partial charge in [-0.3, -0.25) is 0 Å². The molecule has 4 rings (SSSR count). The van der Waals surface area contributed by atoms with Crippen molar-refractivity contribution < 1.29 is 13.2 Å². The molecule has 3 aromatic carbocycles. The molecule has 0 bridgehead atoms. The molecule has 1 heterocycles. The van der Waals surface area contributed by atoms with Gasteiger partial charge in [0.05, 0.1) is 17.8 Å². The summed E-state index contributed by atoms with van der Waals surface area (Å²) in [5, 5.41) is 0. The lowest BCUT2D eigenvalue weighted by Crippen LogP contribution is -2.35. The molecule has 1 aliphatic rings. The molecule has 0 unspecified atom stereocenters. The lowest BCUT2D eigenvalue weighted by Gasteiger charge is -2.28. The van der Waals surface area contributed by atoms with E-state index in [0.717, 1.165) is 16.7 Å². The van der Waals surface area contributed by atoms with Crippen LogP contribution in [0.4, 0.5) is 5.69 Å². The van der Waals surface area contributed by atoms with Gasteiger partial charge in [0, 0.05) is 0 Å². The fourth-order valence-corrected chi connectivity index (χ4v) is 4.23. The van der Waals surface area contributed by atoms with Gasteiger partial charge in [-0.15, -0.1) is 4.40 Å². The SMILES string of the molecule is Cc1ccc(CN2c3ccccc3C(OCc3ccccc3)=NS2(=O)=O)cc1. The summed E-state index contributed by atoms with van der Waals surface area (Å²) in [4.78, 5) is 0. The Hall–Kier alpha value is -3.12. The fraction of sp³-hybridized carbons (Fsp3) is 0.136. The summed E-state index contributed by atoms with van der Waals surface area (Å²) in [6, 6.07) is 24.7. The van der Waals surface area contributed by atoms with Crippen LogP contribution in [-0.4, -0.2) is 14.3 Å². The smallest absolute Gasteiger partial charge is 0.348 e. The first-order chi connectivity index (χ1) is 13.5. The second kappa shape index (κ2) is 7.48. The van der Waals surface area contributed by atoms with Gasteiger partial charge in [0.1, 0.15) is 6.61 Å². The maximum absolute atomic E-state index is 12.9. The molecule has 0 atom stereocenters. The Balaban J connectivity index is 1.66. The Kier molecular flexibility index (Phi) is 4.88. The zero-order chi connectivity index (χ0) is 19.6. The number of nitrogens with zero attached hydrogens (tertiary/aromatic N) is 2. The van der Waals surface area contributed by atoms with Crippen molar-refractivity contribution in [2.24, 2.45) is 4.40 Å². The Morgan fingerprint density at radius 3 is 2.29 bits per heavy atom. The standard InChI is InChI=1S/C22H20N2O3S/c1-17-11-13-18(14-12-17)15-24-21-10-6-5-9-20(21)22(23-28(24,25)26)27-16-19-7-3-2-4-8-19/h2-14H,15-16H2,1H3. The van der Waals surface area contributed by atoms with Crippen LogP contribution in [-0.2, 0) is 28.1 Å². The van der Waals surface area contributed by atoms with Crippen LogP contribution in [0, 0.1) is 6.92 Å². The number of fused-ring (bicyclic) bond motifs is 1. The first-order valence-corrected chi connectivity index (χ1v) is 10.4. The highest BCUT2D eigenvalue weighted by Crippen LogP contribution is 2.31. The first kappa shape index (κ1) is 18.3. The van der Waals surface area contributed by atoms with Gasteiger partial charge in [0.2, 0.25) is 5.90 Å². The van der Waals surface area contributed by atoms with E-state index in [1.165, 1.54) is 4.31 Å². The molecular formula is C22H20N2O3S. The Morgan fingerprint density at radius 2 is 1.54 bits per heavy atom. The molecule has 0 fully saturated rings. The largest absolute Gasteiger partial charge is 0.472 e. The molecule has 3 aromatic rings. The second-order valence-corrected chi connectivity index (χ2v) is 8.18. The van der Waals surface area contributed by atoms with E-state index in [1.807, 2.05) is 79.7 Å². The van der Waals surface area contributed by atoms with E-state index in [1.54, 1.807) is 6.07 Å². The van der Waals surface area contributed by atoms with Crippen LogP contribution in [0.1, 0.15) is 22.3 Å². The van der Waals surface area contributed by atoms with Gasteiger partial charge in [-0.05, 0) is 30.2 Å². The predicted molar refractivity (Wildman–Crippen MR) is 110 cm³/mol. The molecule has 0 spiro atoms. The van der Waals surface area contributed by atoms with Gasteiger partial charge in [0.25, 0.3) is 0 Å². The molecule has 0 amide bonds. The fourth-order valence-electron chi connectivity index (χ4n) is 3.06. The molecule has 0 aliphatic carbocycles. The average Bonchev–Trinajstić information content (AvgIpc) is 2.71. The Bertz CT molecular complexity index is 1110. The topological polar surface area (TPSA) is 59.0 Å². The van der Waals surface area contributed by atoms with Gasteiger partial charge in [0.15, 0.2) is 0 Å². The maximum Gasteiger partial charge on any atom is 0.348 e. The summed E-state index contributed by atoms with van der Waals surface area (Å²) >= 11 is 0. The van der Waals surface area contributed by atoms with E-state index in [4.69, 9.17) is 4.74 Å². The summed E-state index contributed by atoms with van der Waals surface area (Å²) in [6.45, 7) is 2.47. The van der Waals surface area contributed by atoms with Crippen molar-refractivity contribution in [1.82, 2.24) is 0 Å². The molecule has 0 saturated carbocycles. The zero-order valence-corrected chi connectivity index (χ0v) is 16.3. The minimum absolute atomic E-state index is 0.125. The van der Waals surface area contributed by atoms with Crippen molar-refractivity contribution in [3.05, 3.63) is 101 Å². The molecule has 6 heteroatoms. The molecule has 0 saturated heterocycles. The van der Waals surface area contributed by atoms with E-state index in [9.17, 15) is 8.42 Å². The van der Waals surface area contributed by atoms with Crippen LogP contribution >= 0.6 is 0 Å². The van der Waals surface area contributed by atoms with E-state index in [2.05, 4.69) is 4.40 Å². The highest BCUT2D eigenvalue weighted by atomic mass is 32.2. The number of anilines is 1. The highest BCUT2D eigenvalue weighted by Gasteiger charge is 2.32. The summed E-state index contributed by atoms with van der Waals surface area (Å²) in [5.41, 5.74) is 4.21. The molecule has 5 nitrogen and oxygen atoms in total. The number of para-hydroxylation sites is 1. The number of rotatable bonds is 4. The van der Waals surface area contributed by atoms with Gasteiger partial charge in [-0.2, -0.15) is 8.42 Å². The van der Waals surface area contributed by atoms with Crippen molar-refractivity contribution in [3.63, 3.8) is 0 Å². The zero-order valence-electron chi connectivity index (χ0n) is 15.4. The van der Waals surface area contributed by atoms with Gasteiger partial charge in [-0.25, -0.2) is 4.31 Å². The number of hydrogen-bond acceptors (Lipinski definition) is 3. The first-order valence-electron chi connectivity index (χ1n) is 8.97. The van der Waals surface area contributed by atoms with Crippen molar-refractivity contribution >= 4 is 21.8 Å². The van der Waals surface area contributed by atoms with E-state index in [-0.39, 0.29) is 19.0 Å². The van der Waals surface area contributed by atoms with E-state index >= 15 is 0 Å². The van der Waals surface area contributed by atoms with Gasteiger partial charge in [-0.1, -0.05) is 72.3 Å². The summed E-state index contributed by atoms with van der Waals surface area (Å²) in [7, 11) is -3.90. The Labute approximate surface area is 165 Å². The van der Waals surface area contributed by atoms with E-state index in [0.29, 0.717) is 11.3 Å². The molecule has 28 heavy (non-hydrogen) atoms. The number of hydrogen-bond donors (Lipinski definition) is 0. The highest BCUT2D eigenvalue weighted by molar-refractivity contribution is 7.91. The molecule has 142 valence electrons. The van der Waals surface area contributed by atoms with Crippen LogP contribution in [0.2, 0.25) is 0 Å². The molecule has 0 radical (unpaired) electrons. The van der Waals surface area contributed by atoms with Crippen molar-refractivity contribution in [1.29, 1.82) is 0 Å². The number of ether oxygens (including phenoxy) is 1. The summed E-state index contributed by atoms with van der Waals surface area (Å²) in [6.07, 6.45) is 0. The molecule has 0 aromatic heterocycles. The van der Waals surface area contributed by atoms with Crippen molar-refractivity contribution in [2.75, 3.05) is 4.31 Å². The number of benzene rings is 3. The predicted octanol–water partition coefficient (Wildman–Crippen LogP) is 4.22. The molecule has 1 aliphatic heterocycles. The van der Waals surface area contributed by atoms with Gasteiger partial charge >= 0.3 is 10.2 Å². The normalized spacial score (nSPS) is 14.9. The third-order valence-electron chi connectivity index (χ3n) is 4.55. The van der Waals surface area contributed by atoms with Crippen LogP contribution < -0.4 is 4.31 Å². The summed E-state index contributed by atoms with van der Waals surface area (Å²) in [5.74, 6) is 0.125. The third kappa shape index (κ3) is 3.77. The van der Waals surface area contributed by atoms with Crippen LogP contribution in [0.25, 0.3) is 0 Å². The van der Waals surface area contributed by atoms with Crippen LogP contribution in [0.15, 0.2) is 83.3 Å². The maximum atomic E-state index is 12.9. The second-order valence-electron chi connectivity index (χ2n) is 6.66. The molecular weight excluding hydrogens is 372 g/mol. The monoisotopic (exact) mass is 392 g/mol. The number of aryl methyl sites for hydroxylation is 1. The Morgan fingerprint density at radius 1 is 0.857 bits per heavy atom.